The van der Waals surface area contributed by atoms with E-state index in [0.29, 0.717) is 32.4 Å². The Bertz CT molecular complexity index is 781. The minimum absolute atomic E-state index is 0.188. The number of rotatable bonds is 7. The summed E-state index contributed by atoms with van der Waals surface area (Å²) >= 11 is 0. The van der Waals surface area contributed by atoms with E-state index < -0.39 is 29.5 Å². The van der Waals surface area contributed by atoms with Gasteiger partial charge in [0.2, 0.25) is 5.78 Å². The quantitative estimate of drug-likeness (QED) is 0.541. The fourth-order valence-corrected chi connectivity index (χ4v) is 4.98. The Balaban J connectivity index is 1.62. The fourth-order valence-electron chi connectivity index (χ4n) is 4.98. The van der Waals surface area contributed by atoms with Crippen LogP contribution in [-0.4, -0.2) is 83.3 Å². The number of allylic oxidation sites excluding steroid dienone is 2. The van der Waals surface area contributed by atoms with Crippen molar-refractivity contribution in [2.45, 2.75) is 102 Å². The third kappa shape index (κ3) is 6.34. The first-order chi connectivity index (χ1) is 16.2. The van der Waals surface area contributed by atoms with Crippen molar-refractivity contribution in [1.29, 1.82) is 0 Å². The van der Waals surface area contributed by atoms with Gasteiger partial charge in [0.05, 0.1) is 31.0 Å². The number of nitrogens with zero attached hydrogens (tertiary/aromatic N) is 1. The molecule has 0 spiro atoms. The largest absolute Gasteiger partial charge is 0.390 e. The highest BCUT2D eigenvalue weighted by Crippen LogP contribution is 2.31. The Labute approximate surface area is 202 Å². The van der Waals surface area contributed by atoms with Crippen LogP contribution in [0.3, 0.4) is 0 Å². The zero-order valence-corrected chi connectivity index (χ0v) is 20.9. The van der Waals surface area contributed by atoms with Gasteiger partial charge in [0.1, 0.15) is 6.10 Å². The molecule has 34 heavy (non-hydrogen) atoms. The molecular formula is C26H41NO7. The van der Waals surface area contributed by atoms with Crippen molar-refractivity contribution in [3.05, 3.63) is 23.8 Å². The van der Waals surface area contributed by atoms with Crippen LogP contribution in [0.1, 0.15) is 65.7 Å². The molecule has 8 nitrogen and oxygen atoms in total. The maximum atomic E-state index is 13.4. The van der Waals surface area contributed by atoms with E-state index in [1.165, 1.54) is 0 Å². The summed E-state index contributed by atoms with van der Waals surface area (Å²) in [6, 6.07) is -0.228. The van der Waals surface area contributed by atoms with Crippen molar-refractivity contribution < 1.29 is 34.0 Å². The van der Waals surface area contributed by atoms with E-state index in [2.05, 4.69) is 0 Å². The Morgan fingerprint density at radius 3 is 2.79 bits per heavy atom. The summed E-state index contributed by atoms with van der Waals surface area (Å²) in [6.45, 7) is 6.24. The van der Waals surface area contributed by atoms with Gasteiger partial charge in [0, 0.05) is 19.6 Å². The molecular weight excluding hydrogens is 438 g/mol. The lowest BCUT2D eigenvalue weighted by Gasteiger charge is -2.40. The molecule has 192 valence electrons. The Hall–Kier alpha value is -1.58. The van der Waals surface area contributed by atoms with Crippen molar-refractivity contribution in [1.82, 2.24) is 4.90 Å². The van der Waals surface area contributed by atoms with Crippen LogP contribution in [0.4, 0.5) is 0 Å². The van der Waals surface area contributed by atoms with Gasteiger partial charge in [-0.2, -0.15) is 0 Å². The van der Waals surface area contributed by atoms with Crippen molar-refractivity contribution in [2.24, 2.45) is 5.92 Å². The standard InChI is InChI=1S/C26H41NO7/c1-17-8-9-19(3)34-26(31,24(17)29)25(30)27-14-6-5-7-21(27)16-33-18(2)10-11-20-12-13-22(28)23(15-20)32-4/h10-11,15,17-19,21-23,28,31H,5-9,12-14,16H2,1-4H3/b11-10+. The third-order valence-electron chi connectivity index (χ3n) is 7.23. The van der Waals surface area contributed by atoms with Gasteiger partial charge >= 0.3 is 5.79 Å². The SMILES string of the molecule is COC1C=C(/C=C/C(C)OCC2CCCCN2C(=O)C2(O)OC(C)CCC(C)C2=O)CCC1O. The highest BCUT2D eigenvalue weighted by atomic mass is 16.6. The van der Waals surface area contributed by atoms with E-state index in [4.69, 9.17) is 14.2 Å². The molecule has 2 heterocycles. The van der Waals surface area contributed by atoms with Crippen molar-refractivity contribution in [3.63, 3.8) is 0 Å². The predicted molar refractivity (Wildman–Crippen MR) is 127 cm³/mol. The molecule has 1 amide bonds. The lowest BCUT2D eigenvalue weighted by atomic mass is 9.93. The minimum atomic E-state index is -2.42. The fraction of sp³-hybridized carbons (Fsp3) is 0.769. The third-order valence-corrected chi connectivity index (χ3v) is 7.23. The van der Waals surface area contributed by atoms with Gasteiger partial charge < -0.3 is 29.3 Å². The highest BCUT2D eigenvalue weighted by molar-refractivity contribution is 6.08. The summed E-state index contributed by atoms with van der Waals surface area (Å²) in [5, 5.41) is 21.1. The van der Waals surface area contributed by atoms with E-state index in [0.717, 1.165) is 31.3 Å². The van der Waals surface area contributed by atoms with Gasteiger partial charge in [0.25, 0.3) is 5.91 Å². The Morgan fingerprint density at radius 2 is 2.06 bits per heavy atom. The summed E-state index contributed by atoms with van der Waals surface area (Å²) in [6.07, 6.45) is 9.72. The summed E-state index contributed by atoms with van der Waals surface area (Å²) in [4.78, 5) is 27.9. The Morgan fingerprint density at radius 1 is 1.29 bits per heavy atom. The normalized spacial score (nSPS) is 36.3. The van der Waals surface area contributed by atoms with E-state index in [9.17, 15) is 19.8 Å². The molecule has 0 aromatic heterocycles. The molecule has 7 atom stereocenters. The first-order valence-electron chi connectivity index (χ1n) is 12.6. The number of ether oxygens (including phenoxy) is 3. The molecule has 0 bridgehead atoms. The van der Waals surface area contributed by atoms with Crippen LogP contribution in [0.5, 0.6) is 0 Å². The first-order valence-corrected chi connectivity index (χ1v) is 12.6. The molecule has 8 heteroatoms. The van der Waals surface area contributed by atoms with Gasteiger partial charge in [-0.05, 0) is 64.4 Å². The topological polar surface area (TPSA) is 106 Å². The number of aliphatic hydroxyl groups is 2. The van der Waals surface area contributed by atoms with E-state index >= 15 is 0 Å². The van der Waals surface area contributed by atoms with Gasteiger partial charge in [-0.1, -0.05) is 25.2 Å². The number of likely N-dealkylation sites (tertiary alicyclic amines) is 1. The van der Waals surface area contributed by atoms with Crippen LogP contribution in [0, 0.1) is 5.92 Å². The van der Waals surface area contributed by atoms with Crippen molar-refractivity contribution in [3.8, 4) is 0 Å². The van der Waals surface area contributed by atoms with Gasteiger partial charge in [-0.25, -0.2) is 0 Å². The number of Topliss-reactive ketones (excluding diaryl/α,β-unsaturated/α-hetero) is 1. The molecule has 1 aliphatic carbocycles. The maximum absolute atomic E-state index is 13.4. The number of amides is 1. The second kappa shape index (κ2) is 11.9. The average molecular weight is 480 g/mol. The van der Waals surface area contributed by atoms with Gasteiger partial charge in [0.15, 0.2) is 0 Å². The van der Waals surface area contributed by atoms with E-state index in [1.807, 2.05) is 25.2 Å². The van der Waals surface area contributed by atoms with Crippen LogP contribution in [-0.2, 0) is 23.8 Å². The monoisotopic (exact) mass is 479 g/mol. The number of ketones is 1. The van der Waals surface area contributed by atoms with Crippen LogP contribution in [0.15, 0.2) is 23.8 Å². The number of aliphatic hydroxyl groups excluding tert-OH is 1. The average Bonchev–Trinajstić information content (AvgIpc) is 2.93. The summed E-state index contributed by atoms with van der Waals surface area (Å²) in [5.41, 5.74) is 1.09. The summed E-state index contributed by atoms with van der Waals surface area (Å²) in [7, 11) is 1.59. The molecule has 7 unspecified atom stereocenters. The second-order valence-corrected chi connectivity index (χ2v) is 10.0. The van der Waals surface area contributed by atoms with Crippen molar-refractivity contribution >= 4 is 11.7 Å². The Kier molecular flexibility index (Phi) is 9.46. The first kappa shape index (κ1) is 27.0. The summed E-state index contributed by atoms with van der Waals surface area (Å²) in [5.74, 6) is -4.07. The second-order valence-electron chi connectivity index (χ2n) is 10.0. The zero-order chi connectivity index (χ0) is 24.9. The molecule has 2 aliphatic heterocycles. The molecule has 3 rings (SSSR count). The molecule has 2 N–H and O–H groups in total. The lowest BCUT2D eigenvalue weighted by Crippen LogP contribution is -2.61. The summed E-state index contributed by atoms with van der Waals surface area (Å²) < 4.78 is 17.0. The highest BCUT2D eigenvalue weighted by Gasteiger charge is 2.53. The van der Waals surface area contributed by atoms with Gasteiger partial charge in [-0.3, -0.25) is 9.59 Å². The number of carbonyl (C=O) groups excluding carboxylic acids is 2. The van der Waals surface area contributed by atoms with Crippen LogP contribution < -0.4 is 0 Å². The van der Waals surface area contributed by atoms with E-state index in [1.54, 1.807) is 25.9 Å². The minimum Gasteiger partial charge on any atom is -0.390 e. The molecule has 3 aliphatic rings. The molecule has 0 saturated carbocycles. The number of hydrogen-bond acceptors (Lipinski definition) is 7. The molecule has 2 saturated heterocycles. The van der Waals surface area contributed by atoms with Crippen molar-refractivity contribution in [2.75, 3.05) is 20.3 Å². The number of methoxy groups -OCH3 is 1. The number of piperidine rings is 1. The van der Waals surface area contributed by atoms with Crippen LogP contribution in [0.25, 0.3) is 0 Å². The van der Waals surface area contributed by atoms with E-state index in [-0.39, 0.29) is 24.4 Å². The van der Waals surface area contributed by atoms with Gasteiger partial charge in [-0.15, -0.1) is 0 Å². The lowest BCUT2D eigenvalue weighted by molar-refractivity contribution is -0.227. The predicted octanol–water partition coefficient (Wildman–Crippen LogP) is 2.52. The number of carbonyl (C=O) groups is 2. The molecule has 0 radical (unpaired) electrons. The van der Waals surface area contributed by atoms with Crippen LogP contribution in [0.2, 0.25) is 0 Å². The molecule has 2 fully saturated rings. The van der Waals surface area contributed by atoms with Crippen LogP contribution >= 0.6 is 0 Å². The molecule has 0 aromatic carbocycles. The smallest absolute Gasteiger partial charge is 0.309 e. The zero-order valence-electron chi connectivity index (χ0n) is 20.9. The maximum Gasteiger partial charge on any atom is 0.309 e. The number of hydrogen-bond donors (Lipinski definition) is 2. The molecule has 0 aromatic rings.